The number of para-hydroxylation sites is 5. The van der Waals surface area contributed by atoms with Crippen LogP contribution in [0.25, 0.3) is 55.0 Å². The summed E-state index contributed by atoms with van der Waals surface area (Å²) in [6, 6.07) is 55.6. The summed E-state index contributed by atoms with van der Waals surface area (Å²) in [7, 11) is 0. The Kier molecular flexibility index (Phi) is 4.71. The van der Waals surface area contributed by atoms with E-state index in [0.717, 1.165) is 22.7 Å². The molecule has 220 valence electrons. The van der Waals surface area contributed by atoms with E-state index in [0.29, 0.717) is 0 Å². The molecular formula is C44H28N2O. The molecule has 0 bridgehead atoms. The Labute approximate surface area is 271 Å². The van der Waals surface area contributed by atoms with E-state index in [1.165, 1.54) is 71.6 Å². The van der Waals surface area contributed by atoms with Gasteiger partial charge in [-0.2, -0.15) is 0 Å². The highest BCUT2D eigenvalue weighted by molar-refractivity contribution is 6.13. The van der Waals surface area contributed by atoms with Crippen molar-refractivity contribution >= 4 is 43.6 Å². The first-order valence-electron chi connectivity index (χ1n) is 16.3. The molecule has 2 aromatic heterocycles. The summed E-state index contributed by atoms with van der Waals surface area (Å²) in [6.07, 6.45) is 0. The normalized spacial score (nSPS) is 16.0. The lowest BCUT2D eigenvalue weighted by Gasteiger charge is -2.45. The van der Waals surface area contributed by atoms with Crippen molar-refractivity contribution in [3.8, 4) is 22.9 Å². The number of nitrogens with zero attached hydrogens (tertiary/aromatic N) is 2. The summed E-state index contributed by atoms with van der Waals surface area (Å²) in [5, 5.41) is 4.94. The van der Waals surface area contributed by atoms with Crippen LogP contribution in [0, 0.1) is 6.92 Å². The minimum absolute atomic E-state index is 0.604. The Balaban J connectivity index is 1.37. The molecule has 4 heterocycles. The molecule has 9 aromatic rings. The molecule has 2 aliphatic heterocycles. The molecule has 0 N–H and O–H groups in total. The summed E-state index contributed by atoms with van der Waals surface area (Å²) >= 11 is 0. The number of hydrogen-bond acceptors (Lipinski definition) is 1. The van der Waals surface area contributed by atoms with E-state index in [9.17, 15) is 0 Å². The number of hydrogen-bond donors (Lipinski definition) is 0. The molecule has 3 heteroatoms. The minimum Gasteiger partial charge on any atom is -0.457 e. The maximum Gasteiger partial charge on any atom is 0.133 e. The zero-order valence-corrected chi connectivity index (χ0v) is 25.7. The van der Waals surface area contributed by atoms with Crippen molar-refractivity contribution in [2.45, 2.75) is 12.3 Å². The highest BCUT2D eigenvalue weighted by atomic mass is 16.5. The number of benzene rings is 7. The first-order chi connectivity index (χ1) is 23.2. The van der Waals surface area contributed by atoms with Crippen LogP contribution in [0.2, 0.25) is 0 Å². The third kappa shape index (κ3) is 3.02. The fraction of sp³-hybridized carbons (Fsp3) is 0.0455. The van der Waals surface area contributed by atoms with Gasteiger partial charge in [0.15, 0.2) is 0 Å². The predicted molar refractivity (Wildman–Crippen MR) is 192 cm³/mol. The first-order valence-corrected chi connectivity index (χ1v) is 16.3. The van der Waals surface area contributed by atoms with Crippen LogP contribution in [0.15, 0.2) is 152 Å². The Hall–Kier alpha value is -6.06. The van der Waals surface area contributed by atoms with Gasteiger partial charge in [-0.15, -0.1) is 0 Å². The lowest BCUT2D eigenvalue weighted by molar-refractivity contribution is 0.435. The summed E-state index contributed by atoms with van der Waals surface area (Å²) in [4.78, 5) is 0. The molecule has 2 aliphatic rings. The van der Waals surface area contributed by atoms with Gasteiger partial charge < -0.3 is 13.9 Å². The fourth-order valence-corrected chi connectivity index (χ4v) is 8.76. The van der Waals surface area contributed by atoms with Crippen LogP contribution in [-0.4, -0.2) is 9.13 Å². The molecule has 3 nitrogen and oxygen atoms in total. The second kappa shape index (κ2) is 8.80. The standard InChI is InChI=1S/C44H28N2O/c1-27-21-23-28(24-22-27)45-37-17-6-3-12-30(37)32-25-42-36(26-40(32)45)44(34-15-5-9-20-41(34)47-42)33-14-4-8-19-39(33)46-38-18-7-2-11-29(38)31-13-10-16-35(44)43(31)46/h2-26H,1H3. The van der Waals surface area contributed by atoms with Crippen molar-refractivity contribution in [1.82, 2.24) is 9.13 Å². The van der Waals surface area contributed by atoms with Gasteiger partial charge in [-0.1, -0.05) is 109 Å². The fourth-order valence-electron chi connectivity index (χ4n) is 8.76. The van der Waals surface area contributed by atoms with E-state index in [4.69, 9.17) is 4.74 Å². The number of aryl methyl sites for hydroxylation is 1. The van der Waals surface area contributed by atoms with Crippen LogP contribution in [-0.2, 0) is 5.41 Å². The van der Waals surface area contributed by atoms with E-state index >= 15 is 0 Å². The maximum absolute atomic E-state index is 6.93. The Bertz CT molecular complexity index is 2780. The van der Waals surface area contributed by atoms with Gasteiger partial charge in [0.2, 0.25) is 0 Å². The number of rotatable bonds is 1. The van der Waals surface area contributed by atoms with E-state index in [-0.39, 0.29) is 0 Å². The van der Waals surface area contributed by atoms with Gasteiger partial charge in [-0.25, -0.2) is 0 Å². The number of fused-ring (bicyclic) bond motifs is 14. The average molecular weight is 601 g/mol. The van der Waals surface area contributed by atoms with Gasteiger partial charge in [0.25, 0.3) is 0 Å². The van der Waals surface area contributed by atoms with Crippen molar-refractivity contribution in [2.75, 3.05) is 0 Å². The smallest absolute Gasteiger partial charge is 0.133 e. The molecule has 11 rings (SSSR count). The van der Waals surface area contributed by atoms with Crippen molar-refractivity contribution < 1.29 is 4.74 Å². The minimum atomic E-state index is -0.604. The SMILES string of the molecule is Cc1ccc(-n2c3ccccc3c3cc4c(cc32)C2(c3ccccc3O4)c3ccccc3-n3c4ccccc4c4cccc2c43)cc1. The lowest BCUT2D eigenvalue weighted by atomic mass is 9.61. The van der Waals surface area contributed by atoms with Crippen LogP contribution >= 0.6 is 0 Å². The van der Waals surface area contributed by atoms with Gasteiger partial charge in [-0.05, 0) is 66.6 Å². The summed E-state index contributed by atoms with van der Waals surface area (Å²) in [6.45, 7) is 2.14. The molecule has 0 fully saturated rings. The van der Waals surface area contributed by atoms with Crippen molar-refractivity contribution in [2.24, 2.45) is 0 Å². The van der Waals surface area contributed by atoms with Gasteiger partial charge in [-0.3, -0.25) is 0 Å². The Morgan fingerprint density at radius 3 is 1.91 bits per heavy atom. The van der Waals surface area contributed by atoms with E-state index in [2.05, 4.69) is 168 Å². The van der Waals surface area contributed by atoms with E-state index in [1.807, 2.05) is 0 Å². The Morgan fingerprint density at radius 2 is 1.09 bits per heavy atom. The van der Waals surface area contributed by atoms with Crippen molar-refractivity contribution in [3.63, 3.8) is 0 Å². The molecule has 0 saturated heterocycles. The largest absolute Gasteiger partial charge is 0.457 e. The molecule has 47 heavy (non-hydrogen) atoms. The second-order valence-corrected chi connectivity index (χ2v) is 13.0. The lowest BCUT2D eigenvalue weighted by Crippen LogP contribution is -2.37. The first kappa shape index (κ1) is 25.2. The van der Waals surface area contributed by atoms with Gasteiger partial charge >= 0.3 is 0 Å². The summed E-state index contributed by atoms with van der Waals surface area (Å²) < 4.78 is 11.8. The molecule has 1 atom stereocenters. The zero-order valence-electron chi connectivity index (χ0n) is 25.7. The topological polar surface area (TPSA) is 19.1 Å². The van der Waals surface area contributed by atoms with Gasteiger partial charge in [0.05, 0.1) is 33.2 Å². The molecular weight excluding hydrogens is 572 g/mol. The highest BCUT2D eigenvalue weighted by Crippen LogP contribution is 2.61. The van der Waals surface area contributed by atoms with E-state index in [1.54, 1.807) is 0 Å². The third-order valence-corrected chi connectivity index (χ3v) is 10.6. The second-order valence-electron chi connectivity index (χ2n) is 13.0. The monoisotopic (exact) mass is 600 g/mol. The molecule has 7 aromatic carbocycles. The maximum atomic E-state index is 6.93. The predicted octanol–water partition coefficient (Wildman–Crippen LogP) is 11.0. The molecule has 0 radical (unpaired) electrons. The van der Waals surface area contributed by atoms with Crippen LogP contribution in [0.4, 0.5) is 0 Å². The van der Waals surface area contributed by atoms with E-state index < -0.39 is 5.41 Å². The molecule has 0 amide bonds. The number of ether oxygens (including phenoxy) is 1. The third-order valence-electron chi connectivity index (χ3n) is 10.6. The molecule has 1 spiro atoms. The highest BCUT2D eigenvalue weighted by Gasteiger charge is 2.50. The van der Waals surface area contributed by atoms with Crippen molar-refractivity contribution in [1.29, 1.82) is 0 Å². The van der Waals surface area contributed by atoms with Gasteiger partial charge in [0, 0.05) is 38.4 Å². The average Bonchev–Trinajstić information content (AvgIpc) is 3.63. The Morgan fingerprint density at radius 1 is 0.447 bits per heavy atom. The van der Waals surface area contributed by atoms with Crippen LogP contribution in [0.1, 0.15) is 27.8 Å². The van der Waals surface area contributed by atoms with Gasteiger partial charge in [0.1, 0.15) is 11.5 Å². The summed E-state index contributed by atoms with van der Waals surface area (Å²) in [5.41, 5.74) is 12.7. The number of aromatic nitrogens is 2. The van der Waals surface area contributed by atoms with Crippen LogP contribution < -0.4 is 4.74 Å². The zero-order chi connectivity index (χ0) is 30.9. The van der Waals surface area contributed by atoms with Crippen LogP contribution in [0.5, 0.6) is 11.5 Å². The molecule has 1 unspecified atom stereocenters. The van der Waals surface area contributed by atoms with Crippen LogP contribution in [0.3, 0.4) is 0 Å². The summed E-state index contributed by atoms with van der Waals surface area (Å²) in [5.74, 6) is 1.80. The molecule has 0 saturated carbocycles. The quantitative estimate of drug-likeness (QED) is 0.183. The molecule has 0 aliphatic carbocycles. The van der Waals surface area contributed by atoms with Crippen molar-refractivity contribution in [3.05, 3.63) is 179 Å².